The van der Waals surface area contributed by atoms with Crippen LogP contribution in [0, 0.1) is 12.7 Å². The Labute approximate surface area is 108 Å². The minimum Gasteiger partial charge on any atom is -0.339 e. The summed E-state index contributed by atoms with van der Waals surface area (Å²) in [5, 5.41) is 2.88. The van der Waals surface area contributed by atoms with Gasteiger partial charge in [0.25, 0.3) is 0 Å². The van der Waals surface area contributed by atoms with E-state index < -0.39 is 0 Å². The average Bonchev–Trinajstić information content (AvgIpc) is 2.34. The van der Waals surface area contributed by atoms with Crippen molar-refractivity contribution in [2.45, 2.75) is 6.92 Å². The maximum atomic E-state index is 13.4. The van der Waals surface area contributed by atoms with Gasteiger partial charge in [0, 0.05) is 5.69 Å². The Balaban J connectivity index is 2.36. The second kappa shape index (κ2) is 5.10. The van der Waals surface area contributed by atoms with Crippen LogP contribution in [0.1, 0.15) is 15.9 Å². The molecule has 1 aromatic carbocycles. The van der Waals surface area contributed by atoms with Crippen molar-refractivity contribution >= 4 is 29.4 Å². The lowest BCUT2D eigenvalue weighted by molar-refractivity contribution is 0.112. The van der Waals surface area contributed by atoms with Gasteiger partial charge in [0.05, 0.1) is 5.56 Å². The van der Waals surface area contributed by atoms with Gasteiger partial charge in [0.15, 0.2) is 6.29 Å². The van der Waals surface area contributed by atoms with Crippen molar-refractivity contribution in [3.63, 3.8) is 0 Å². The molecule has 92 valence electrons. The summed E-state index contributed by atoms with van der Waals surface area (Å²) < 4.78 is 13.4. The molecule has 0 bridgehead atoms. The molecule has 1 aromatic heterocycles. The molecule has 6 heteroatoms. The highest BCUT2D eigenvalue weighted by Gasteiger charge is 2.09. The number of nitrogens with one attached hydrogen (secondary N) is 1. The van der Waals surface area contributed by atoms with E-state index >= 15 is 0 Å². The minimum atomic E-state index is -0.340. The van der Waals surface area contributed by atoms with Crippen molar-refractivity contribution < 1.29 is 9.18 Å². The molecule has 0 aliphatic heterocycles. The summed E-state index contributed by atoms with van der Waals surface area (Å²) in [5.41, 5.74) is 1.16. The predicted molar refractivity (Wildman–Crippen MR) is 66.8 cm³/mol. The monoisotopic (exact) mass is 265 g/mol. The Kier molecular flexibility index (Phi) is 3.53. The Morgan fingerprint density at radius 2 is 2.17 bits per heavy atom. The number of hydrogen-bond donors (Lipinski definition) is 1. The molecule has 0 unspecified atom stereocenters. The molecule has 0 saturated carbocycles. The van der Waals surface area contributed by atoms with Crippen LogP contribution in [0.25, 0.3) is 0 Å². The van der Waals surface area contributed by atoms with Crippen molar-refractivity contribution in [2.24, 2.45) is 0 Å². The van der Waals surface area contributed by atoms with E-state index in [4.69, 9.17) is 11.6 Å². The van der Waals surface area contributed by atoms with Crippen LogP contribution in [0.2, 0.25) is 5.15 Å². The third-order valence-electron chi connectivity index (χ3n) is 2.39. The smallest absolute Gasteiger partial charge is 0.156 e. The zero-order valence-electron chi connectivity index (χ0n) is 9.45. The standard InChI is InChI=1S/C12H9ClFN3O/c1-7-2-3-8(4-10(7)14)17-12-9(5-18)11(13)15-6-16-12/h2-6H,1H3,(H,15,16,17). The Hall–Kier alpha value is -2.01. The molecule has 0 atom stereocenters. The summed E-state index contributed by atoms with van der Waals surface area (Å²) >= 11 is 5.76. The molecular weight excluding hydrogens is 257 g/mol. The SMILES string of the molecule is Cc1ccc(Nc2ncnc(Cl)c2C=O)cc1F. The average molecular weight is 266 g/mol. The summed E-state index contributed by atoms with van der Waals surface area (Å²) in [5.74, 6) is -0.0962. The van der Waals surface area contributed by atoms with Crippen molar-refractivity contribution in [3.05, 3.63) is 46.6 Å². The van der Waals surface area contributed by atoms with Gasteiger partial charge >= 0.3 is 0 Å². The minimum absolute atomic E-state index is 0.0510. The first-order valence-corrected chi connectivity index (χ1v) is 5.48. The number of benzene rings is 1. The molecule has 0 radical (unpaired) electrons. The number of rotatable bonds is 3. The fraction of sp³-hybridized carbons (Fsp3) is 0.0833. The lowest BCUT2D eigenvalue weighted by Crippen LogP contribution is -2.01. The van der Waals surface area contributed by atoms with E-state index in [0.29, 0.717) is 17.5 Å². The Bertz CT molecular complexity index is 604. The van der Waals surface area contributed by atoms with Crippen LogP contribution >= 0.6 is 11.6 Å². The fourth-order valence-corrected chi connectivity index (χ4v) is 1.56. The van der Waals surface area contributed by atoms with Crippen LogP contribution in [-0.2, 0) is 0 Å². The van der Waals surface area contributed by atoms with Crippen LogP contribution in [0.5, 0.6) is 0 Å². The molecule has 4 nitrogen and oxygen atoms in total. The van der Waals surface area contributed by atoms with Gasteiger partial charge in [-0.2, -0.15) is 0 Å². The van der Waals surface area contributed by atoms with Gasteiger partial charge in [-0.1, -0.05) is 17.7 Å². The normalized spacial score (nSPS) is 10.2. The number of aryl methyl sites for hydroxylation is 1. The van der Waals surface area contributed by atoms with Crippen LogP contribution < -0.4 is 5.32 Å². The number of carbonyl (C=O) groups excluding carboxylic acids is 1. The lowest BCUT2D eigenvalue weighted by atomic mass is 10.2. The van der Waals surface area contributed by atoms with Crippen LogP contribution in [0.4, 0.5) is 15.9 Å². The molecule has 1 N–H and O–H groups in total. The van der Waals surface area contributed by atoms with Gasteiger partial charge in [0.1, 0.15) is 23.1 Å². The van der Waals surface area contributed by atoms with Crippen LogP contribution in [0.15, 0.2) is 24.5 Å². The van der Waals surface area contributed by atoms with E-state index in [1.807, 2.05) is 0 Å². The van der Waals surface area contributed by atoms with Crippen LogP contribution in [0.3, 0.4) is 0 Å². The summed E-state index contributed by atoms with van der Waals surface area (Å²) in [6.45, 7) is 1.66. The zero-order valence-corrected chi connectivity index (χ0v) is 10.2. The van der Waals surface area contributed by atoms with Gasteiger partial charge in [-0.3, -0.25) is 4.79 Å². The fourth-order valence-electron chi connectivity index (χ4n) is 1.39. The van der Waals surface area contributed by atoms with Crippen molar-refractivity contribution in [3.8, 4) is 0 Å². The predicted octanol–water partition coefficient (Wildman–Crippen LogP) is 3.13. The van der Waals surface area contributed by atoms with Crippen LogP contribution in [-0.4, -0.2) is 16.3 Å². The van der Waals surface area contributed by atoms with E-state index in [1.165, 1.54) is 12.4 Å². The molecule has 0 amide bonds. The van der Waals surface area contributed by atoms with Gasteiger partial charge in [-0.25, -0.2) is 14.4 Å². The third kappa shape index (κ3) is 2.46. The van der Waals surface area contributed by atoms with E-state index in [2.05, 4.69) is 15.3 Å². The summed E-state index contributed by atoms with van der Waals surface area (Å²) in [4.78, 5) is 18.5. The third-order valence-corrected chi connectivity index (χ3v) is 2.69. The zero-order chi connectivity index (χ0) is 13.1. The van der Waals surface area contributed by atoms with Gasteiger partial charge < -0.3 is 5.32 Å². The maximum Gasteiger partial charge on any atom is 0.156 e. The quantitative estimate of drug-likeness (QED) is 0.684. The highest BCUT2D eigenvalue weighted by molar-refractivity contribution is 6.32. The molecule has 18 heavy (non-hydrogen) atoms. The molecule has 0 fully saturated rings. The maximum absolute atomic E-state index is 13.4. The van der Waals surface area contributed by atoms with Gasteiger partial charge in [0.2, 0.25) is 0 Å². The summed E-state index contributed by atoms with van der Waals surface area (Å²) in [6.07, 6.45) is 1.78. The molecule has 2 aromatic rings. The number of halogens is 2. The van der Waals surface area contributed by atoms with E-state index in [0.717, 1.165) is 0 Å². The molecule has 0 aliphatic rings. The van der Waals surface area contributed by atoms with E-state index in [9.17, 15) is 9.18 Å². The number of aromatic nitrogens is 2. The highest BCUT2D eigenvalue weighted by atomic mass is 35.5. The lowest BCUT2D eigenvalue weighted by Gasteiger charge is -2.08. The molecule has 0 aliphatic carbocycles. The highest BCUT2D eigenvalue weighted by Crippen LogP contribution is 2.22. The number of aldehydes is 1. The second-order valence-electron chi connectivity index (χ2n) is 3.63. The molecular formula is C12H9ClFN3O. The van der Waals surface area contributed by atoms with E-state index in [-0.39, 0.29) is 22.4 Å². The number of carbonyl (C=O) groups is 1. The molecule has 0 spiro atoms. The number of hydrogen-bond acceptors (Lipinski definition) is 4. The van der Waals surface area contributed by atoms with E-state index in [1.54, 1.807) is 19.1 Å². The topological polar surface area (TPSA) is 54.9 Å². The van der Waals surface area contributed by atoms with Gasteiger partial charge in [-0.15, -0.1) is 0 Å². The van der Waals surface area contributed by atoms with Gasteiger partial charge in [-0.05, 0) is 24.6 Å². The van der Waals surface area contributed by atoms with Crippen molar-refractivity contribution in [1.29, 1.82) is 0 Å². The summed E-state index contributed by atoms with van der Waals surface area (Å²) in [6, 6.07) is 4.63. The van der Waals surface area contributed by atoms with Crippen molar-refractivity contribution in [1.82, 2.24) is 9.97 Å². The second-order valence-corrected chi connectivity index (χ2v) is 3.99. The summed E-state index contributed by atoms with van der Waals surface area (Å²) in [7, 11) is 0. The first kappa shape index (κ1) is 12.4. The van der Waals surface area contributed by atoms with Crippen molar-refractivity contribution in [2.75, 3.05) is 5.32 Å². The Morgan fingerprint density at radius 1 is 1.39 bits per heavy atom. The first-order valence-electron chi connectivity index (χ1n) is 5.10. The largest absolute Gasteiger partial charge is 0.339 e. The number of anilines is 2. The Morgan fingerprint density at radius 3 is 2.83 bits per heavy atom. The molecule has 0 saturated heterocycles. The number of nitrogens with zero attached hydrogens (tertiary/aromatic N) is 2. The molecule has 1 heterocycles. The first-order chi connectivity index (χ1) is 8.61. The molecule has 2 rings (SSSR count).